The van der Waals surface area contributed by atoms with Gasteiger partial charge in [-0.05, 0) is 0 Å². The summed E-state index contributed by atoms with van der Waals surface area (Å²) in [6.07, 6.45) is 2.38. The maximum atomic E-state index is 10.4. The van der Waals surface area contributed by atoms with Gasteiger partial charge in [0, 0.05) is 12.5 Å². The van der Waals surface area contributed by atoms with Crippen molar-refractivity contribution in [3.05, 3.63) is 11.8 Å². The first kappa shape index (κ1) is 9.21. The number of hydrogen-bond donors (Lipinski definition) is 0. The standard InChI is InChI=1S/C6H8O2.C2H6/c1-2-6-3-5(7)4-8-6;1-2/h3H,2,4H2,1H3;1-2H3. The van der Waals surface area contributed by atoms with Gasteiger partial charge in [0.25, 0.3) is 0 Å². The fourth-order valence-corrected chi connectivity index (χ4v) is 0.631. The largest absolute Gasteiger partial charge is 0.490 e. The van der Waals surface area contributed by atoms with Gasteiger partial charge >= 0.3 is 0 Å². The second-order valence-corrected chi connectivity index (χ2v) is 1.72. The first-order chi connectivity index (χ1) is 4.83. The number of hydrogen-bond acceptors (Lipinski definition) is 2. The number of ether oxygens (including phenoxy) is 1. The molecule has 2 nitrogen and oxygen atoms in total. The van der Waals surface area contributed by atoms with Crippen molar-refractivity contribution in [2.24, 2.45) is 0 Å². The zero-order chi connectivity index (χ0) is 7.98. The van der Waals surface area contributed by atoms with Crippen molar-refractivity contribution in [2.45, 2.75) is 27.2 Å². The van der Waals surface area contributed by atoms with Crippen molar-refractivity contribution in [3.8, 4) is 0 Å². The highest BCUT2D eigenvalue weighted by Crippen LogP contribution is 2.08. The quantitative estimate of drug-likeness (QED) is 0.559. The molecule has 1 aliphatic rings. The lowest BCUT2D eigenvalue weighted by molar-refractivity contribution is -0.115. The Balaban J connectivity index is 0.000000371. The molecular weight excluding hydrogens is 128 g/mol. The predicted molar refractivity (Wildman–Crippen MR) is 40.7 cm³/mol. The number of carbonyl (C=O) groups excluding carboxylic acids is 1. The molecule has 0 N–H and O–H groups in total. The second kappa shape index (κ2) is 5.03. The number of carbonyl (C=O) groups is 1. The highest BCUT2D eigenvalue weighted by Gasteiger charge is 2.09. The molecule has 0 saturated heterocycles. The molecule has 2 heteroatoms. The van der Waals surface area contributed by atoms with Crippen LogP contribution in [0, 0.1) is 0 Å². The fourth-order valence-electron chi connectivity index (χ4n) is 0.631. The normalized spacial score (nSPS) is 15.1. The van der Waals surface area contributed by atoms with E-state index in [9.17, 15) is 4.79 Å². The minimum absolute atomic E-state index is 0.0850. The monoisotopic (exact) mass is 142 g/mol. The van der Waals surface area contributed by atoms with E-state index in [1.54, 1.807) is 6.08 Å². The minimum Gasteiger partial charge on any atom is -0.490 e. The molecule has 1 heterocycles. The highest BCUT2D eigenvalue weighted by atomic mass is 16.5. The molecule has 0 saturated carbocycles. The van der Waals surface area contributed by atoms with Crippen LogP contribution in [0.2, 0.25) is 0 Å². The first-order valence-electron chi connectivity index (χ1n) is 3.69. The van der Waals surface area contributed by atoms with E-state index in [0.717, 1.165) is 12.2 Å². The Bertz CT molecular complexity index is 136. The molecule has 0 bridgehead atoms. The van der Waals surface area contributed by atoms with Crippen LogP contribution in [-0.2, 0) is 9.53 Å². The maximum Gasteiger partial charge on any atom is 0.196 e. The summed E-state index contributed by atoms with van der Waals surface area (Å²) in [5.74, 6) is 0.900. The lowest BCUT2D eigenvalue weighted by atomic mass is 10.3. The average molecular weight is 142 g/mol. The Morgan fingerprint density at radius 2 is 2.20 bits per heavy atom. The highest BCUT2D eigenvalue weighted by molar-refractivity contribution is 5.92. The number of ketones is 1. The van der Waals surface area contributed by atoms with Gasteiger partial charge in [0.15, 0.2) is 12.4 Å². The summed E-state index contributed by atoms with van der Waals surface area (Å²) >= 11 is 0. The van der Waals surface area contributed by atoms with Crippen LogP contribution in [0.3, 0.4) is 0 Å². The third-order valence-electron chi connectivity index (χ3n) is 1.07. The van der Waals surface area contributed by atoms with Crippen LogP contribution >= 0.6 is 0 Å². The van der Waals surface area contributed by atoms with E-state index in [2.05, 4.69) is 0 Å². The minimum atomic E-state index is 0.0850. The molecule has 0 spiro atoms. The van der Waals surface area contributed by atoms with Crippen molar-refractivity contribution in [3.63, 3.8) is 0 Å². The van der Waals surface area contributed by atoms with E-state index in [1.807, 2.05) is 20.8 Å². The van der Waals surface area contributed by atoms with Crippen LogP contribution in [0.25, 0.3) is 0 Å². The Morgan fingerprint density at radius 1 is 1.60 bits per heavy atom. The van der Waals surface area contributed by atoms with E-state index >= 15 is 0 Å². The summed E-state index contributed by atoms with van der Waals surface area (Å²) in [5, 5.41) is 0. The molecule has 0 atom stereocenters. The molecule has 0 aromatic rings. The van der Waals surface area contributed by atoms with Crippen molar-refractivity contribution >= 4 is 5.78 Å². The molecule has 0 aliphatic carbocycles. The van der Waals surface area contributed by atoms with Gasteiger partial charge in [0.2, 0.25) is 0 Å². The third-order valence-corrected chi connectivity index (χ3v) is 1.07. The molecule has 0 fully saturated rings. The van der Waals surface area contributed by atoms with Gasteiger partial charge < -0.3 is 4.74 Å². The van der Waals surface area contributed by atoms with Crippen LogP contribution in [-0.4, -0.2) is 12.4 Å². The number of rotatable bonds is 1. The molecule has 1 aliphatic heterocycles. The van der Waals surface area contributed by atoms with Gasteiger partial charge in [-0.3, -0.25) is 4.79 Å². The van der Waals surface area contributed by atoms with Crippen molar-refractivity contribution in [1.82, 2.24) is 0 Å². The topological polar surface area (TPSA) is 26.3 Å². The summed E-state index contributed by atoms with van der Waals surface area (Å²) in [6, 6.07) is 0. The molecule has 0 aromatic heterocycles. The molecule has 0 aromatic carbocycles. The second-order valence-electron chi connectivity index (χ2n) is 1.72. The summed E-state index contributed by atoms with van der Waals surface area (Å²) in [7, 11) is 0. The van der Waals surface area contributed by atoms with Crippen molar-refractivity contribution in [1.29, 1.82) is 0 Å². The fraction of sp³-hybridized carbons (Fsp3) is 0.625. The van der Waals surface area contributed by atoms with Crippen LogP contribution in [0.15, 0.2) is 11.8 Å². The van der Waals surface area contributed by atoms with E-state index in [0.29, 0.717) is 0 Å². The van der Waals surface area contributed by atoms with Crippen LogP contribution in [0.4, 0.5) is 0 Å². The Kier molecular flexibility index (Phi) is 4.63. The molecule has 0 unspecified atom stereocenters. The summed E-state index contributed by atoms with van der Waals surface area (Å²) in [4.78, 5) is 10.4. The smallest absolute Gasteiger partial charge is 0.196 e. The van der Waals surface area contributed by atoms with E-state index < -0.39 is 0 Å². The SMILES string of the molecule is CC.CCC1=CC(=O)CO1. The summed E-state index contributed by atoms with van der Waals surface area (Å²) < 4.78 is 4.93. The lowest BCUT2D eigenvalue weighted by Crippen LogP contribution is -1.92. The van der Waals surface area contributed by atoms with Crippen molar-refractivity contribution < 1.29 is 9.53 Å². The van der Waals surface area contributed by atoms with E-state index in [4.69, 9.17) is 4.74 Å². The van der Waals surface area contributed by atoms with Gasteiger partial charge in [0.1, 0.15) is 5.76 Å². The van der Waals surface area contributed by atoms with Crippen LogP contribution < -0.4 is 0 Å². The summed E-state index contributed by atoms with van der Waals surface area (Å²) in [6.45, 7) is 6.22. The zero-order valence-electron chi connectivity index (χ0n) is 6.81. The molecule has 0 radical (unpaired) electrons. The van der Waals surface area contributed by atoms with Crippen LogP contribution in [0.1, 0.15) is 27.2 Å². The first-order valence-corrected chi connectivity index (χ1v) is 3.69. The van der Waals surface area contributed by atoms with Crippen LogP contribution in [0.5, 0.6) is 0 Å². The molecule has 0 amide bonds. The number of allylic oxidation sites excluding steroid dienone is 1. The van der Waals surface area contributed by atoms with Gasteiger partial charge in [-0.2, -0.15) is 0 Å². The lowest BCUT2D eigenvalue weighted by Gasteiger charge is -1.93. The van der Waals surface area contributed by atoms with Gasteiger partial charge in [0.05, 0.1) is 0 Å². The average Bonchev–Trinajstić information content (AvgIpc) is 2.40. The molecule has 10 heavy (non-hydrogen) atoms. The Hall–Kier alpha value is -0.790. The molecular formula is C8H14O2. The Labute approximate surface area is 61.9 Å². The molecule has 1 rings (SSSR count). The third kappa shape index (κ3) is 2.67. The van der Waals surface area contributed by atoms with Gasteiger partial charge in [-0.25, -0.2) is 0 Å². The summed E-state index contributed by atoms with van der Waals surface area (Å²) in [5.41, 5.74) is 0. The maximum absolute atomic E-state index is 10.4. The van der Waals surface area contributed by atoms with Gasteiger partial charge in [-0.15, -0.1) is 0 Å². The Morgan fingerprint density at radius 3 is 2.40 bits per heavy atom. The van der Waals surface area contributed by atoms with Gasteiger partial charge in [-0.1, -0.05) is 20.8 Å². The van der Waals surface area contributed by atoms with Crippen molar-refractivity contribution in [2.75, 3.05) is 6.61 Å². The van der Waals surface area contributed by atoms with E-state index in [1.165, 1.54) is 0 Å². The zero-order valence-corrected chi connectivity index (χ0v) is 6.81. The predicted octanol–water partition coefficient (Wildman–Crippen LogP) is 1.91. The van der Waals surface area contributed by atoms with E-state index in [-0.39, 0.29) is 12.4 Å². The molecule has 58 valence electrons.